The molecule has 0 aliphatic heterocycles. The van der Waals surface area contributed by atoms with Crippen LogP contribution in [0.1, 0.15) is 11.3 Å². The summed E-state index contributed by atoms with van der Waals surface area (Å²) >= 11 is 0. The Morgan fingerprint density at radius 2 is 1.78 bits per heavy atom. The van der Waals surface area contributed by atoms with Crippen LogP contribution in [0.2, 0.25) is 0 Å². The summed E-state index contributed by atoms with van der Waals surface area (Å²) in [6, 6.07) is 12.2. The second kappa shape index (κ2) is 5.62. The Hall–Kier alpha value is -2.47. The van der Waals surface area contributed by atoms with Crippen molar-refractivity contribution in [2.45, 2.75) is 18.7 Å². The van der Waals surface area contributed by atoms with Gasteiger partial charge in [-0.25, -0.2) is 4.39 Å². The molecule has 1 heterocycles. The van der Waals surface area contributed by atoms with E-state index in [0.717, 1.165) is 6.07 Å². The maximum absolute atomic E-state index is 13.3. The highest BCUT2D eigenvalue weighted by atomic mass is 32.2. The Morgan fingerprint density at radius 1 is 1.04 bits per heavy atom. The fourth-order valence-corrected chi connectivity index (χ4v) is 3.30. The molecule has 0 N–H and O–H groups in total. The van der Waals surface area contributed by atoms with Gasteiger partial charge in [-0.05, 0) is 49.7 Å². The number of nitrogens with zero attached hydrogens (tertiary/aromatic N) is 1. The van der Waals surface area contributed by atoms with E-state index < -0.39 is 15.9 Å². The van der Waals surface area contributed by atoms with Crippen molar-refractivity contribution in [3.63, 3.8) is 0 Å². The molecule has 0 aliphatic carbocycles. The number of hydrogen-bond donors (Lipinski definition) is 0. The van der Waals surface area contributed by atoms with E-state index >= 15 is 0 Å². The third-order valence-electron chi connectivity index (χ3n) is 3.42. The molecule has 23 heavy (non-hydrogen) atoms. The minimum atomic E-state index is -4.06. The second-order valence-corrected chi connectivity index (χ2v) is 6.77. The van der Waals surface area contributed by atoms with Crippen LogP contribution in [-0.2, 0) is 10.1 Å². The summed E-state index contributed by atoms with van der Waals surface area (Å²) in [7, 11) is -4.06. The maximum Gasteiger partial charge on any atom is 0.339 e. The van der Waals surface area contributed by atoms with Crippen LogP contribution in [0.4, 0.5) is 4.39 Å². The van der Waals surface area contributed by atoms with E-state index in [1.165, 1.54) is 19.1 Å². The van der Waals surface area contributed by atoms with Crippen LogP contribution in [0, 0.1) is 19.7 Å². The number of halogens is 1. The highest BCUT2D eigenvalue weighted by molar-refractivity contribution is 7.87. The van der Waals surface area contributed by atoms with E-state index in [1.807, 2.05) is 6.07 Å². The summed E-state index contributed by atoms with van der Waals surface area (Å²) < 4.78 is 43.5. The summed E-state index contributed by atoms with van der Waals surface area (Å²) in [6.07, 6.45) is 0. The third kappa shape index (κ3) is 3.03. The molecular formula is C17H14FNO3S. The number of rotatable bonds is 3. The van der Waals surface area contributed by atoms with Crippen LogP contribution < -0.4 is 4.18 Å². The van der Waals surface area contributed by atoms with Crippen molar-refractivity contribution in [1.29, 1.82) is 0 Å². The molecule has 6 heteroatoms. The standard InChI is InChI=1S/C17H14FNO3S/c1-11-9-13(7-8-15(11)18)23(20,21)22-17-10-12(2)19-16-6-4-3-5-14(16)17/h3-10H,1-2H3. The molecule has 0 unspecified atom stereocenters. The number of benzene rings is 2. The number of para-hydroxylation sites is 1. The van der Waals surface area contributed by atoms with Crippen LogP contribution in [0.25, 0.3) is 10.9 Å². The van der Waals surface area contributed by atoms with Crippen LogP contribution in [0.5, 0.6) is 5.75 Å². The minimum absolute atomic E-state index is 0.0880. The van der Waals surface area contributed by atoms with Crippen LogP contribution >= 0.6 is 0 Å². The van der Waals surface area contributed by atoms with Gasteiger partial charge in [-0.3, -0.25) is 4.98 Å². The normalized spacial score (nSPS) is 11.6. The van der Waals surface area contributed by atoms with Gasteiger partial charge in [0.05, 0.1) is 5.52 Å². The van der Waals surface area contributed by atoms with Crippen LogP contribution in [-0.4, -0.2) is 13.4 Å². The first kappa shape index (κ1) is 15.4. The Bertz CT molecular complexity index is 1000. The molecule has 2 aromatic carbocycles. The van der Waals surface area contributed by atoms with Gasteiger partial charge in [-0.1, -0.05) is 12.1 Å². The molecule has 0 saturated carbocycles. The van der Waals surface area contributed by atoms with E-state index in [1.54, 1.807) is 31.2 Å². The van der Waals surface area contributed by atoms with Gasteiger partial charge < -0.3 is 4.18 Å². The SMILES string of the molecule is Cc1cc(OS(=O)(=O)c2ccc(F)c(C)c2)c2ccccc2n1. The Balaban J connectivity index is 2.09. The van der Waals surface area contributed by atoms with Crippen molar-refractivity contribution in [2.75, 3.05) is 0 Å². The third-order valence-corrected chi connectivity index (χ3v) is 4.65. The molecule has 0 bridgehead atoms. The van der Waals surface area contributed by atoms with E-state index in [9.17, 15) is 12.8 Å². The molecule has 4 nitrogen and oxygen atoms in total. The summed E-state index contributed by atoms with van der Waals surface area (Å²) in [6.45, 7) is 3.26. The predicted molar refractivity (Wildman–Crippen MR) is 85.4 cm³/mol. The molecule has 1 aromatic heterocycles. The first-order valence-corrected chi connectivity index (χ1v) is 8.35. The predicted octanol–water partition coefficient (Wildman–Crippen LogP) is 3.76. The molecule has 0 spiro atoms. The van der Waals surface area contributed by atoms with E-state index in [0.29, 0.717) is 16.6 Å². The Labute approximate surface area is 133 Å². The van der Waals surface area contributed by atoms with E-state index in [2.05, 4.69) is 4.98 Å². The molecule has 0 radical (unpaired) electrons. The van der Waals surface area contributed by atoms with Gasteiger partial charge in [0.1, 0.15) is 10.7 Å². The fraction of sp³-hybridized carbons (Fsp3) is 0.118. The van der Waals surface area contributed by atoms with Gasteiger partial charge in [-0.15, -0.1) is 0 Å². The average Bonchev–Trinajstić information content (AvgIpc) is 2.49. The highest BCUT2D eigenvalue weighted by Crippen LogP contribution is 2.28. The zero-order chi connectivity index (χ0) is 16.6. The van der Waals surface area contributed by atoms with Crippen molar-refractivity contribution in [3.05, 3.63) is 65.6 Å². The smallest absolute Gasteiger partial charge is 0.339 e. The summed E-state index contributed by atoms with van der Waals surface area (Å²) in [5.41, 5.74) is 1.53. The highest BCUT2D eigenvalue weighted by Gasteiger charge is 2.19. The maximum atomic E-state index is 13.3. The van der Waals surface area contributed by atoms with Crippen LogP contribution in [0.15, 0.2) is 53.4 Å². The number of pyridine rings is 1. The lowest BCUT2D eigenvalue weighted by Crippen LogP contribution is -2.11. The van der Waals surface area contributed by atoms with E-state index in [4.69, 9.17) is 4.18 Å². The fourth-order valence-electron chi connectivity index (χ4n) is 2.28. The van der Waals surface area contributed by atoms with Gasteiger partial charge in [0.25, 0.3) is 0 Å². The topological polar surface area (TPSA) is 56.3 Å². The lowest BCUT2D eigenvalue weighted by Gasteiger charge is -2.11. The lowest BCUT2D eigenvalue weighted by atomic mass is 10.2. The van der Waals surface area contributed by atoms with Gasteiger partial charge in [0.15, 0.2) is 5.75 Å². The summed E-state index contributed by atoms with van der Waals surface area (Å²) in [4.78, 5) is 4.25. The zero-order valence-electron chi connectivity index (χ0n) is 12.6. The molecule has 118 valence electrons. The first-order chi connectivity index (χ1) is 10.9. The molecule has 3 rings (SSSR count). The van der Waals surface area contributed by atoms with Crippen molar-refractivity contribution in [2.24, 2.45) is 0 Å². The zero-order valence-corrected chi connectivity index (χ0v) is 13.4. The largest absolute Gasteiger partial charge is 0.378 e. The number of fused-ring (bicyclic) bond motifs is 1. The number of aromatic nitrogens is 1. The number of aryl methyl sites for hydroxylation is 2. The van der Waals surface area contributed by atoms with Gasteiger partial charge in [0.2, 0.25) is 0 Å². The molecule has 3 aromatic rings. The molecule has 0 aliphatic rings. The monoisotopic (exact) mass is 331 g/mol. The molecule has 0 fully saturated rings. The van der Waals surface area contributed by atoms with Gasteiger partial charge in [0, 0.05) is 17.1 Å². The van der Waals surface area contributed by atoms with Crippen LogP contribution in [0.3, 0.4) is 0 Å². The second-order valence-electron chi connectivity index (χ2n) is 5.23. The van der Waals surface area contributed by atoms with Crippen molar-refractivity contribution in [1.82, 2.24) is 4.98 Å². The first-order valence-electron chi connectivity index (χ1n) is 6.94. The molecule has 0 saturated heterocycles. The number of hydrogen-bond acceptors (Lipinski definition) is 4. The lowest BCUT2D eigenvalue weighted by molar-refractivity contribution is 0.488. The average molecular weight is 331 g/mol. The minimum Gasteiger partial charge on any atom is -0.378 e. The molecule has 0 atom stereocenters. The van der Waals surface area contributed by atoms with Gasteiger partial charge >= 0.3 is 10.1 Å². The van der Waals surface area contributed by atoms with Crippen molar-refractivity contribution in [3.8, 4) is 5.75 Å². The molecule has 0 amide bonds. The van der Waals surface area contributed by atoms with Crippen molar-refractivity contribution < 1.29 is 17.0 Å². The summed E-state index contributed by atoms with van der Waals surface area (Å²) in [5, 5.41) is 0.598. The van der Waals surface area contributed by atoms with E-state index in [-0.39, 0.29) is 16.2 Å². The Morgan fingerprint density at radius 3 is 2.52 bits per heavy atom. The summed E-state index contributed by atoms with van der Waals surface area (Å²) in [5.74, 6) is -0.260. The van der Waals surface area contributed by atoms with Crippen molar-refractivity contribution >= 4 is 21.0 Å². The van der Waals surface area contributed by atoms with Gasteiger partial charge in [-0.2, -0.15) is 8.42 Å². The Kier molecular flexibility index (Phi) is 3.77. The quantitative estimate of drug-likeness (QED) is 0.686. The molecular weight excluding hydrogens is 317 g/mol.